The molecule has 5 nitrogen and oxygen atoms in total. The maximum Gasteiger partial charge on any atom is 0.261 e. The zero-order chi connectivity index (χ0) is 21.1. The van der Waals surface area contributed by atoms with Crippen LogP contribution in [0.5, 0.6) is 11.5 Å². The number of terminal acetylenes is 1. The number of carbonyl (C=O) groups is 1. The minimum absolute atomic E-state index is 0.131. The van der Waals surface area contributed by atoms with E-state index in [2.05, 4.69) is 10.9 Å². The molecule has 4 rings (SSSR count). The van der Waals surface area contributed by atoms with Crippen molar-refractivity contribution in [2.45, 2.75) is 26.0 Å². The minimum atomic E-state index is -0.137. The largest absolute Gasteiger partial charge is 0.493 e. The van der Waals surface area contributed by atoms with Crippen LogP contribution in [0.3, 0.4) is 0 Å². The van der Waals surface area contributed by atoms with Gasteiger partial charge >= 0.3 is 0 Å². The molecule has 2 aliphatic heterocycles. The molecule has 0 bridgehead atoms. The number of aliphatic imine (C=N–C) groups is 1. The van der Waals surface area contributed by atoms with Gasteiger partial charge in [-0.3, -0.25) is 14.7 Å². The lowest BCUT2D eigenvalue weighted by Crippen LogP contribution is -2.35. The molecule has 0 aromatic heterocycles. The first-order chi connectivity index (χ1) is 14.6. The SMILES string of the molecule is C#C/C=C\C1=C(C)C[C@H]2C=Nc3cc(OCc4ccccc4)c(OC)cc3C(=O)N12. The molecule has 0 aliphatic carbocycles. The van der Waals surface area contributed by atoms with E-state index < -0.39 is 0 Å². The lowest BCUT2D eigenvalue weighted by atomic mass is 10.1. The van der Waals surface area contributed by atoms with Gasteiger partial charge in [-0.15, -0.1) is 6.42 Å². The first kappa shape index (κ1) is 19.5. The van der Waals surface area contributed by atoms with E-state index in [1.54, 1.807) is 36.3 Å². The second-order valence-electron chi connectivity index (χ2n) is 7.18. The number of hydrogen-bond acceptors (Lipinski definition) is 4. The third-order valence-electron chi connectivity index (χ3n) is 5.24. The molecule has 0 saturated heterocycles. The first-order valence-electron chi connectivity index (χ1n) is 9.71. The molecular weight excluding hydrogens is 376 g/mol. The van der Waals surface area contributed by atoms with Crippen LogP contribution in [0, 0.1) is 12.3 Å². The molecule has 0 fully saturated rings. The molecule has 2 aromatic rings. The van der Waals surface area contributed by atoms with E-state index in [4.69, 9.17) is 15.9 Å². The topological polar surface area (TPSA) is 51.1 Å². The summed E-state index contributed by atoms with van der Waals surface area (Å²) in [4.78, 5) is 19.8. The van der Waals surface area contributed by atoms with Gasteiger partial charge in [0.2, 0.25) is 0 Å². The van der Waals surface area contributed by atoms with Gasteiger partial charge in [-0.25, -0.2) is 0 Å². The fourth-order valence-electron chi connectivity index (χ4n) is 3.75. The normalized spacial score (nSPS) is 17.6. The maximum atomic E-state index is 13.4. The van der Waals surface area contributed by atoms with E-state index in [0.29, 0.717) is 29.4 Å². The van der Waals surface area contributed by atoms with Crippen molar-refractivity contribution in [1.82, 2.24) is 4.90 Å². The van der Waals surface area contributed by atoms with Crippen LogP contribution in [0.1, 0.15) is 29.3 Å². The molecule has 0 saturated carbocycles. The summed E-state index contributed by atoms with van der Waals surface area (Å²) in [5, 5.41) is 0. The molecule has 150 valence electrons. The van der Waals surface area contributed by atoms with Gasteiger partial charge in [0.15, 0.2) is 11.5 Å². The summed E-state index contributed by atoms with van der Waals surface area (Å²) >= 11 is 0. The van der Waals surface area contributed by atoms with Gasteiger partial charge < -0.3 is 9.47 Å². The molecule has 30 heavy (non-hydrogen) atoms. The Balaban J connectivity index is 1.68. The second kappa shape index (κ2) is 8.30. The molecule has 0 N–H and O–H groups in total. The Bertz CT molecular complexity index is 1110. The number of hydrogen-bond donors (Lipinski definition) is 0. The van der Waals surface area contributed by atoms with Crippen LogP contribution in [0.25, 0.3) is 0 Å². The summed E-state index contributed by atoms with van der Waals surface area (Å²) in [6, 6.07) is 13.2. The number of carbonyl (C=O) groups excluding carboxylic acids is 1. The monoisotopic (exact) mass is 398 g/mol. The zero-order valence-electron chi connectivity index (χ0n) is 17.0. The van der Waals surface area contributed by atoms with Crippen molar-refractivity contribution in [2.24, 2.45) is 4.99 Å². The van der Waals surface area contributed by atoms with Crippen molar-refractivity contribution in [2.75, 3.05) is 7.11 Å². The minimum Gasteiger partial charge on any atom is -0.493 e. The first-order valence-corrected chi connectivity index (χ1v) is 9.71. The summed E-state index contributed by atoms with van der Waals surface area (Å²) in [5.74, 6) is 3.40. The third-order valence-corrected chi connectivity index (χ3v) is 5.24. The van der Waals surface area contributed by atoms with Gasteiger partial charge in [-0.05, 0) is 42.7 Å². The van der Waals surface area contributed by atoms with Crippen LogP contribution in [0.2, 0.25) is 0 Å². The van der Waals surface area contributed by atoms with Crippen molar-refractivity contribution >= 4 is 17.8 Å². The van der Waals surface area contributed by atoms with Gasteiger partial charge in [0, 0.05) is 18.0 Å². The molecule has 2 heterocycles. The number of amides is 1. The molecule has 5 heteroatoms. The van der Waals surface area contributed by atoms with Gasteiger partial charge in [-0.1, -0.05) is 36.3 Å². The Hall–Kier alpha value is -3.78. The summed E-state index contributed by atoms with van der Waals surface area (Å²) in [7, 11) is 1.56. The molecule has 2 aromatic carbocycles. The second-order valence-corrected chi connectivity index (χ2v) is 7.18. The number of ether oxygens (including phenoxy) is 2. The quantitative estimate of drug-likeness (QED) is 0.688. The van der Waals surface area contributed by atoms with Crippen molar-refractivity contribution in [1.29, 1.82) is 0 Å². The fourth-order valence-corrected chi connectivity index (χ4v) is 3.75. The Kier molecular flexibility index (Phi) is 5.40. The fraction of sp³-hybridized carbons (Fsp3) is 0.200. The molecule has 0 unspecified atom stereocenters. The number of nitrogens with zero attached hydrogens (tertiary/aromatic N) is 2. The summed E-state index contributed by atoms with van der Waals surface area (Å²) < 4.78 is 11.5. The molecule has 1 amide bonds. The Labute approximate surface area is 176 Å². The predicted octanol–water partition coefficient (Wildman–Crippen LogP) is 4.67. The summed E-state index contributed by atoms with van der Waals surface area (Å²) in [6.45, 7) is 2.40. The summed E-state index contributed by atoms with van der Waals surface area (Å²) in [5.41, 5.74) is 4.01. The molecule has 1 atom stereocenters. The van der Waals surface area contributed by atoms with E-state index >= 15 is 0 Å². The molecular formula is C25H22N2O3. The standard InChI is InChI=1S/C25H22N2O3/c1-4-5-11-22-17(2)12-19-15-26-21-14-24(30-16-18-9-7-6-8-10-18)23(29-3)13-20(21)25(28)27(19)22/h1,5-11,13-15,19H,12,16H2,2-3H3/b11-5-/t19-/m0/s1. The Morgan fingerprint density at radius 2 is 2.07 bits per heavy atom. The highest BCUT2D eigenvalue weighted by Crippen LogP contribution is 2.40. The van der Waals surface area contributed by atoms with Crippen LogP contribution in [0.4, 0.5) is 5.69 Å². The highest BCUT2D eigenvalue weighted by atomic mass is 16.5. The van der Waals surface area contributed by atoms with E-state index in [0.717, 1.165) is 23.3 Å². The smallest absolute Gasteiger partial charge is 0.261 e. The Morgan fingerprint density at radius 3 is 2.80 bits per heavy atom. The highest BCUT2D eigenvalue weighted by Gasteiger charge is 2.36. The average molecular weight is 398 g/mol. The van der Waals surface area contributed by atoms with Crippen LogP contribution in [0.15, 0.2) is 70.9 Å². The van der Waals surface area contributed by atoms with Crippen LogP contribution >= 0.6 is 0 Å². The van der Waals surface area contributed by atoms with Gasteiger partial charge in [0.1, 0.15) is 6.61 Å². The zero-order valence-corrected chi connectivity index (χ0v) is 17.0. The number of fused-ring (bicyclic) bond motifs is 2. The van der Waals surface area contributed by atoms with E-state index in [1.165, 1.54) is 0 Å². The number of allylic oxidation sites excluding steroid dienone is 2. The van der Waals surface area contributed by atoms with Gasteiger partial charge in [0.25, 0.3) is 5.91 Å². The summed E-state index contributed by atoms with van der Waals surface area (Å²) in [6.07, 6.45) is 11.3. The highest BCUT2D eigenvalue weighted by molar-refractivity contribution is 6.05. The van der Waals surface area contributed by atoms with Crippen LogP contribution in [-0.2, 0) is 6.61 Å². The van der Waals surface area contributed by atoms with Crippen molar-refractivity contribution in [3.63, 3.8) is 0 Å². The lowest BCUT2D eigenvalue weighted by molar-refractivity contribution is 0.0806. The van der Waals surface area contributed by atoms with Gasteiger partial charge in [-0.2, -0.15) is 0 Å². The van der Waals surface area contributed by atoms with Gasteiger partial charge in [0.05, 0.1) is 24.4 Å². The Morgan fingerprint density at radius 1 is 1.27 bits per heavy atom. The average Bonchev–Trinajstić information content (AvgIpc) is 3.02. The predicted molar refractivity (Wildman–Crippen MR) is 117 cm³/mol. The van der Waals surface area contributed by atoms with E-state index in [-0.39, 0.29) is 11.9 Å². The number of methoxy groups -OCH3 is 1. The third kappa shape index (κ3) is 3.60. The van der Waals surface area contributed by atoms with Crippen LogP contribution < -0.4 is 9.47 Å². The maximum absolute atomic E-state index is 13.4. The van der Waals surface area contributed by atoms with Crippen molar-refractivity contribution in [3.8, 4) is 23.8 Å². The number of rotatable bonds is 5. The molecule has 2 aliphatic rings. The van der Waals surface area contributed by atoms with Crippen molar-refractivity contribution in [3.05, 3.63) is 77.0 Å². The lowest BCUT2D eigenvalue weighted by Gasteiger charge is -2.23. The van der Waals surface area contributed by atoms with Crippen molar-refractivity contribution < 1.29 is 14.3 Å². The molecule has 0 spiro atoms. The van der Waals surface area contributed by atoms with E-state index in [9.17, 15) is 4.79 Å². The molecule has 0 radical (unpaired) electrons. The van der Waals surface area contributed by atoms with E-state index in [1.807, 2.05) is 43.5 Å². The van der Waals surface area contributed by atoms with Crippen LogP contribution in [-0.4, -0.2) is 30.2 Å². The number of benzene rings is 2.